The fraction of sp³-hybridized carbons (Fsp3) is 0.474. The second-order valence-corrected chi connectivity index (χ2v) is 6.03. The van der Waals surface area contributed by atoms with Crippen LogP contribution < -0.4 is 4.74 Å². The third-order valence-corrected chi connectivity index (χ3v) is 3.65. The van der Waals surface area contributed by atoms with Gasteiger partial charge in [0.25, 0.3) is 0 Å². The van der Waals surface area contributed by atoms with E-state index in [9.17, 15) is 9.59 Å². The Morgan fingerprint density at radius 1 is 1.17 bits per heavy atom. The molecular weight excluding hydrogens is 306 g/mol. The molecule has 1 aromatic carbocycles. The first-order valence-corrected chi connectivity index (χ1v) is 8.02. The van der Waals surface area contributed by atoms with Crippen LogP contribution in [0.2, 0.25) is 0 Å². The number of rotatable bonds is 8. The number of nitrogens with zero attached hydrogens (tertiary/aromatic N) is 1. The number of esters is 1. The molecule has 0 radical (unpaired) electrons. The highest BCUT2D eigenvalue weighted by atomic mass is 16.5. The lowest BCUT2D eigenvalue weighted by atomic mass is 10.1. The lowest BCUT2D eigenvalue weighted by Gasteiger charge is -2.24. The maximum absolute atomic E-state index is 12.4. The quantitative estimate of drug-likeness (QED) is 0.542. The first kappa shape index (κ1) is 19.7. The molecule has 0 heterocycles. The zero-order valence-electron chi connectivity index (χ0n) is 15.2. The number of benzene rings is 1. The average Bonchev–Trinajstić information content (AvgIpc) is 2.57. The van der Waals surface area contributed by atoms with Crippen molar-refractivity contribution in [1.82, 2.24) is 4.90 Å². The summed E-state index contributed by atoms with van der Waals surface area (Å²) in [5.74, 6) is 0.0460. The van der Waals surface area contributed by atoms with Gasteiger partial charge in [0.2, 0.25) is 5.91 Å². The molecule has 0 saturated heterocycles. The zero-order chi connectivity index (χ0) is 18.1. The summed E-state index contributed by atoms with van der Waals surface area (Å²) in [5, 5.41) is 0. The van der Waals surface area contributed by atoms with E-state index in [-0.39, 0.29) is 17.8 Å². The van der Waals surface area contributed by atoms with Gasteiger partial charge in [-0.3, -0.25) is 9.59 Å². The van der Waals surface area contributed by atoms with E-state index in [0.29, 0.717) is 19.5 Å². The Hall–Kier alpha value is -2.30. The first-order chi connectivity index (χ1) is 11.4. The second kappa shape index (κ2) is 9.75. The summed E-state index contributed by atoms with van der Waals surface area (Å²) in [7, 11) is 2.99. The predicted octanol–water partition coefficient (Wildman–Crippen LogP) is 2.84. The number of hydrogen-bond acceptors (Lipinski definition) is 4. The molecule has 1 aromatic rings. The van der Waals surface area contributed by atoms with Crippen molar-refractivity contribution >= 4 is 11.9 Å². The van der Waals surface area contributed by atoms with Gasteiger partial charge in [-0.2, -0.15) is 0 Å². The Morgan fingerprint density at radius 2 is 1.79 bits per heavy atom. The van der Waals surface area contributed by atoms with Gasteiger partial charge in [0, 0.05) is 19.2 Å². The normalized spacial score (nSPS) is 11.4. The minimum atomic E-state index is -0.361. The SMILES string of the molecule is COC(=O)C(C)CN(CCc1ccc(OC)cc1)C(=O)C=C(C)C. The Bertz CT molecular complexity index is 574. The van der Waals surface area contributed by atoms with Gasteiger partial charge in [-0.1, -0.05) is 24.6 Å². The molecule has 1 unspecified atom stereocenters. The molecule has 0 aliphatic heterocycles. The molecule has 0 aromatic heterocycles. The molecule has 24 heavy (non-hydrogen) atoms. The zero-order valence-corrected chi connectivity index (χ0v) is 15.2. The average molecular weight is 333 g/mol. The van der Waals surface area contributed by atoms with E-state index in [1.807, 2.05) is 38.1 Å². The first-order valence-electron chi connectivity index (χ1n) is 8.02. The topological polar surface area (TPSA) is 55.8 Å². The van der Waals surface area contributed by atoms with E-state index in [0.717, 1.165) is 16.9 Å². The van der Waals surface area contributed by atoms with Gasteiger partial charge in [-0.15, -0.1) is 0 Å². The van der Waals surface area contributed by atoms with E-state index in [1.165, 1.54) is 7.11 Å². The summed E-state index contributed by atoms with van der Waals surface area (Å²) in [6.45, 7) is 6.40. The van der Waals surface area contributed by atoms with Gasteiger partial charge in [0.1, 0.15) is 5.75 Å². The Morgan fingerprint density at radius 3 is 2.29 bits per heavy atom. The van der Waals surface area contributed by atoms with Crippen molar-refractivity contribution in [3.8, 4) is 5.75 Å². The van der Waals surface area contributed by atoms with Gasteiger partial charge >= 0.3 is 5.97 Å². The summed E-state index contributed by atoms with van der Waals surface area (Å²) in [4.78, 5) is 25.7. The minimum Gasteiger partial charge on any atom is -0.497 e. The van der Waals surface area contributed by atoms with Gasteiger partial charge in [0.05, 0.1) is 20.1 Å². The van der Waals surface area contributed by atoms with Crippen LogP contribution in [-0.4, -0.2) is 44.1 Å². The molecule has 0 N–H and O–H groups in total. The summed E-state index contributed by atoms with van der Waals surface area (Å²) in [6, 6.07) is 7.75. The maximum atomic E-state index is 12.4. The molecular formula is C19H27NO4. The smallest absolute Gasteiger partial charge is 0.310 e. The highest BCUT2D eigenvalue weighted by Crippen LogP contribution is 2.13. The fourth-order valence-electron chi connectivity index (χ4n) is 2.29. The molecule has 0 bridgehead atoms. The van der Waals surface area contributed by atoms with E-state index < -0.39 is 0 Å². The van der Waals surface area contributed by atoms with Crippen molar-refractivity contribution in [2.24, 2.45) is 5.92 Å². The molecule has 1 atom stereocenters. The maximum Gasteiger partial charge on any atom is 0.310 e. The molecule has 5 heteroatoms. The molecule has 0 saturated carbocycles. The monoisotopic (exact) mass is 333 g/mol. The number of ether oxygens (including phenoxy) is 2. The van der Waals surface area contributed by atoms with Gasteiger partial charge in [-0.05, 0) is 38.0 Å². The summed E-state index contributed by atoms with van der Waals surface area (Å²) in [5.41, 5.74) is 2.04. The van der Waals surface area contributed by atoms with Gasteiger partial charge in [-0.25, -0.2) is 0 Å². The molecule has 5 nitrogen and oxygen atoms in total. The molecule has 1 amide bonds. The lowest BCUT2D eigenvalue weighted by Crippen LogP contribution is -2.37. The van der Waals surface area contributed by atoms with Crippen molar-refractivity contribution in [2.45, 2.75) is 27.2 Å². The highest BCUT2D eigenvalue weighted by Gasteiger charge is 2.20. The van der Waals surface area contributed by atoms with Crippen LogP contribution in [-0.2, 0) is 20.7 Å². The van der Waals surface area contributed by atoms with E-state index >= 15 is 0 Å². The summed E-state index contributed by atoms with van der Waals surface area (Å²) < 4.78 is 9.90. The van der Waals surface area contributed by atoms with E-state index in [1.54, 1.807) is 25.0 Å². The number of allylic oxidation sites excluding steroid dienone is 1. The second-order valence-electron chi connectivity index (χ2n) is 6.03. The molecule has 132 valence electrons. The van der Waals surface area contributed by atoms with Crippen LogP contribution in [0.25, 0.3) is 0 Å². The minimum absolute atomic E-state index is 0.0840. The van der Waals surface area contributed by atoms with Crippen LogP contribution in [0.1, 0.15) is 26.3 Å². The number of methoxy groups -OCH3 is 2. The van der Waals surface area contributed by atoms with Crippen LogP contribution in [0.5, 0.6) is 5.75 Å². The summed E-state index contributed by atoms with van der Waals surface area (Å²) >= 11 is 0. The number of carbonyl (C=O) groups excluding carboxylic acids is 2. The van der Waals surface area contributed by atoms with Crippen molar-refractivity contribution < 1.29 is 19.1 Å². The third-order valence-electron chi connectivity index (χ3n) is 3.65. The van der Waals surface area contributed by atoms with Crippen LogP contribution in [0.15, 0.2) is 35.9 Å². The van der Waals surface area contributed by atoms with Crippen molar-refractivity contribution in [2.75, 3.05) is 27.3 Å². The summed E-state index contributed by atoms with van der Waals surface area (Å²) in [6.07, 6.45) is 2.30. The Labute approximate surface area is 144 Å². The lowest BCUT2D eigenvalue weighted by molar-refractivity contribution is -0.146. The molecule has 0 aliphatic carbocycles. The molecule has 0 fully saturated rings. The van der Waals surface area contributed by atoms with Crippen LogP contribution in [0.3, 0.4) is 0 Å². The van der Waals surface area contributed by atoms with Crippen molar-refractivity contribution in [3.63, 3.8) is 0 Å². The van der Waals surface area contributed by atoms with Crippen LogP contribution in [0.4, 0.5) is 0 Å². The third kappa shape index (κ3) is 6.44. The number of amides is 1. The van der Waals surface area contributed by atoms with Gasteiger partial charge in [0.15, 0.2) is 0 Å². The van der Waals surface area contributed by atoms with Gasteiger partial charge < -0.3 is 14.4 Å². The van der Waals surface area contributed by atoms with E-state index in [2.05, 4.69) is 0 Å². The highest BCUT2D eigenvalue weighted by molar-refractivity contribution is 5.88. The van der Waals surface area contributed by atoms with E-state index in [4.69, 9.17) is 9.47 Å². The number of hydrogen-bond donors (Lipinski definition) is 0. The fourth-order valence-corrected chi connectivity index (χ4v) is 2.29. The van der Waals surface area contributed by atoms with Crippen molar-refractivity contribution in [3.05, 3.63) is 41.5 Å². The predicted molar refractivity (Wildman–Crippen MR) is 93.9 cm³/mol. The van der Waals surface area contributed by atoms with Crippen molar-refractivity contribution in [1.29, 1.82) is 0 Å². The molecule has 1 rings (SSSR count). The van der Waals surface area contributed by atoms with Crippen LogP contribution in [0, 0.1) is 5.92 Å². The molecule has 0 aliphatic rings. The number of carbonyl (C=O) groups is 2. The Balaban J connectivity index is 2.78. The molecule has 0 spiro atoms. The Kier molecular flexibility index (Phi) is 8.02. The van der Waals surface area contributed by atoms with Crippen LogP contribution >= 0.6 is 0 Å². The largest absolute Gasteiger partial charge is 0.497 e. The standard InChI is InChI=1S/C19H27NO4/c1-14(2)12-18(21)20(13-15(3)19(22)24-5)11-10-16-6-8-17(23-4)9-7-16/h6-9,12,15H,10-11,13H2,1-5H3.